The van der Waals surface area contributed by atoms with Crippen LogP contribution in [0.3, 0.4) is 0 Å². The van der Waals surface area contributed by atoms with Gasteiger partial charge in [0.2, 0.25) is 0 Å². The first-order valence-electron chi connectivity index (χ1n) is 14.3. The summed E-state index contributed by atoms with van der Waals surface area (Å²) in [6.45, 7) is 14.4. The number of allylic oxidation sites excluding steroid dienone is 2. The van der Waals surface area contributed by atoms with Crippen LogP contribution in [0.15, 0.2) is 22.8 Å². The maximum Gasteiger partial charge on any atom is 1.00 e. The van der Waals surface area contributed by atoms with Gasteiger partial charge < -0.3 is 24.9 Å². The summed E-state index contributed by atoms with van der Waals surface area (Å²) in [7, 11) is 0. The zero-order valence-electron chi connectivity index (χ0n) is 24.8. The number of carbonyl (C=O) groups is 2. The van der Waals surface area contributed by atoms with Crippen LogP contribution in [0.4, 0.5) is 0 Å². The van der Waals surface area contributed by atoms with Gasteiger partial charge >= 0.3 is 35.5 Å². The maximum atomic E-state index is 12.5. The molecule has 0 aromatic heterocycles. The Balaban J connectivity index is 0.00000400. The Morgan fingerprint density at radius 2 is 1.71 bits per heavy atom. The van der Waals surface area contributed by atoms with Crippen LogP contribution in [-0.4, -0.2) is 40.5 Å². The fourth-order valence-electron chi connectivity index (χ4n) is 9.78. The van der Waals surface area contributed by atoms with E-state index in [1.807, 2.05) is 19.9 Å². The number of fused-ring (bicyclic) bond motifs is 5. The molecule has 0 amide bonds. The molecule has 0 radical (unpaired) electrons. The van der Waals surface area contributed by atoms with E-state index in [2.05, 4.69) is 27.7 Å². The Kier molecular flexibility index (Phi) is 9.49. The molecule has 4 aliphatic carbocycles. The van der Waals surface area contributed by atoms with Crippen molar-refractivity contribution in [2.45, 2.75) is 118 Å². The Labute approximate surface area is 251 Å². The SMILES string of the molecule is CC(=O)OC1CC2(C)C(CC(O)C3C4(C)CCC(O)C(C)C4CC[C@@]32C)/C1=C(\CCC=C(C)C)C(=O)[O-].[Na+]. The number of esters is 1. The van der Waals surface area contributed by atoms with Crippen LogP contribution in [-0.2, 0) is 14.3 Å². The van der Waals surface area contributed by atoms with Crippen LogP contribution >= 0.6 is 0 Å². The zero-order chi connectivity index (χ0) is 27.5. The van der Waals surface area contributed by atoms with E-state index >= 15 is 0 Å². The minimum Gasteiger partial charge on any atom is -0.545 e. The monoisotopic (exact) mass is 538 g/mol. The van der Waals surface area contributed by atoms with Crippen LogP contribution in [0.25, 0.3) is 0 Å². The number of carboxylic acids is 1. The number of rotatable bonds is 5. The molecule has 10 atom stereocenters. The van der Waals surface area contributed by atoms with Gasteiger partial charge in [0, 0.05) is 6.92 Å². The van der Waals surface area contributed by atoms with Crippen molar-refractivity contribution in [1.29, 1.82) is 0 Å². The Hall–Kier alpha value is -0.660. The molecule has 0 spiro atoms. The van der Waals surface area contributed by atoms with Gasteiger partial charge in [-0.2, -0.15) is 0 Å². The van der Waals surface area contributed by atoms with Crippen molar-refractivity contribution >= 4 is 11.9 Å². The van der Waals surface area contributed by atoms with Gasteiger partial charge in [-0.05, 0) is 116 Å². The second-order valence-electron chi connectivity index (χ2n) is 13.6. The zero-order valence-corrected chi connectivity index (χ0v) is 26.8. The van der Waals surface area contributed by atoms with E-state index in [0.717, 1.165) is 31.3 Å². The third kappa shape index (κ3) is 5.00. The largest absolute Gasteiger partial charge is 1.00 e. The number of carboxylic acid groups (broad SMARTS) is 1. The first-order chi connectivity index (χ1) is 17.2. The summed E-state index contributed by atoms with van der Waals surface area (Å²) in [6, 6.07) is 0. The fourth-order valence-corrected chi connectivity index (χ4v) is 9.78. The molecule has 208 valence electrons. The van der Waals surface area contributed by atoms with E-state index < -0.39 is 24.1 Å². The van der Waals surface area contributed by atoms with E-state index in [1.54, 1.807) is 0 Å². The predicted octanol–water partition coefficient (Wildman–Crippen LogP) is 1.34. The summed E-state index contributed by atoms with van der Waals surface area (Å²) in [5.41, 5.74) is 1.31. The summed E-state index contributed by atoms with van der Waals surface area (Å²) < 4.78 is 5.84. The summed E-state index contributed by atoms with van der Waals surface area (Å²) in [5.74, 6) is -1.25. The molecule has 7 heteroatoms. The molecule has 0 bridgehead atoms. The molecule has 0 aliphatic heterocycles. The van der Waals surface area contributed by atoms with Crippen molar-refractivity contribution in [3.8, 4) is 0 Å². The van der Waals surface area contributed by atoms with Gasteiger partial charge in [-0.15, -0.1) is 0 Å². The van der Waals surface area contributed by atoms with Crippen LogP contribution in [0.1, 0.15) is 99.8 Å². The van der Waals surface area contributed by atoms with E-state index in [4.69, 9.17) is 4.74 Å². The van der Waals surface area contributed by atoms with E-state index in [-0.39, 0.29) is 75.2 Å². The predicted molar refractivity (Wildman–Crippen MR) is 140 cm³/mol. The molecule has 6 nitrogen and oxygen atoms in total. The Morgan fingerprint density at radius 3 is 2.29 bits per heavy atom. The molecular formula is C31H47NaO6. The molecular weight excluding hydrogens is 491 g/mol. The van der Waals surface area contributed by atoms with Gasteiger partial charge in [0.25, 0.3) is 0 Å². The molecule has 0 aromatic carbocycles. The normalized spacial score (nSPS) is 45.0. The number of ether oxygens (including phenoxy) is 1. The van der Waals surface area contributed by atoms with Crippen molar-refractivity contribution in [2.24, 2.45) is 39.9 Å². The first kappa shape index (κ1) is 31.9. The molecule has 4 saturated carbocycles. The average molecular weight is 539 g/mol. The van der Waals surface area contributed by atoms with Crippen molar-refractivity contribution in [3.05, 3.63) is 22.8 Å². The number of aliphatic carboxylic acids is 1. The third-order valence-corrected chi connectivity index (χ3v) is 11.6. The quantitative estimate of drug-likeness (QED) is 0.237. The number of hydrogen-bond donors (Lipinski definition) is 2. The van der Waals surface area contributed by atoms with Gasteiger partial charge in [0.05, 0.1) is 18.2 Å². The second-order valence-corrected chi connectivity index (χ2v) is 13.6. The molecule has 4 fully saturated rings. The van der Waals surface area contributed by atoms with Crippen molar-refractivity contribution in [1.82, 2.24) is 0 Å². The minimum atomic E-state index is -1.20. The standard InChI is InChI=1S/C31H48O6.Na/c1-17(2)9-8-10-20(28(35)36)26-22-15-24(34)27-29(5)13-12-23(33)18(3)21(29)11-14-30(27,6)31(22,7)16-25(26)37-19(4)32;/h9,18,21-25,27,33-34H,8,10-16H2,1-7H3,(H,35,36);/q;+1/p-1/b26-20-;/t18?,21?,22?,23?,24?,25?,27?,29?,30-,31?;/m0./s1. The molecule has 4 rings (SSSR count). The smallest absolute Gasteiger partial charge is 0.545 e. The van der Waals surface area contributed by atoms with Gasteiger partial charge in [-0.3, -0.25) is 4.79 Å². The second kappa shape index (κ2) is 11.3. The summed E-state index contributed by atoms with van der Waals surface area (Å²) >= 11 is 0. The van der Waals surface area contributed by atoms with Gasteiger partial charge in [-0.25, -0.2) is 0 Å². The van der Waals surface area contributed by atoms with Gasteiger partial charge in [-0.1, -0.05) is 39.3 Å². The van der Waals surface area contributed by atoms with Crippen LogP contribution in [0, 0.1) is 39.9 Å². The maximum absolute atomic E-state index is 12.5. The molecule has 2 N–H and O–H groups in total. The Bertz CT molecular complexity index is 1000. The topological polar surface area (TPSA) is 107 Å². The van der Waals surface area contributed by atoms with Crippen molar-refractivity contribution in [3.63, 3.8) is 0 Å². The summed E-state index contributed by atoms with van der Waals surface area (Å²) in [6.07, 6.45) is 5.92. The summed E-state index contributed by atoms with van der Waals surface area (Å²) in [5, 5.41) is 35.0. The molecule has 0 aromatic rings. The van der Waals surface area contributed by atoms with Gasteiger partial charge in [0.15, 0.2) is 0 Å². The number of aliphatic hydroxyl groups is 2. The summed E-state index contributed by atoms with van der Waals surface area (Å²) in [4.78, 5) is 24.7. The van der Waals surface area contributed by atoms with Crippen LogP contribution in [0.5, 0.6) is 0 Å². The third-order valence-electron chi connectivity index (χ3n) is 11.6. The minimum absolute atomic E-state index is 0. The molecule has 4 aliphatic rings. The van der Waals surface area contributed by atoms with Crippen LogP contribution in [0.2, 0.25) is 0 Å². The molecule has 0 saturated heterocycles. The fraction of sp³-hybridized carbons (Fsp3) is 0.806. The first-order valence-corrected chi connectivity index (χ1v) is 14.3. The van der Waals surface area contributed by atoms with E-state index in [1.165, 1.54) is 6.92 Å². The number of hydrogen-bond acceptors (Lipinski definition) is 6. The average Bonchev–Trinajstić information content (AvgIpc) is 3.05. The van der Waals surface area contributed by atoms with E-state index in [9.17, 15) is 24.9 Å². The van der Waals surface area contributed by atoms with E-state index in [0.29, 0.717) is 37.2 Å². The van der Waals surface area contributed by atoms with Gasteiger partial charge in [0.1, 0.15) is 6.10 Å². The Morgan fingerprint density at radius 1 is 1.05 bits per heavy atom. The van der Waals surface area contributed by atoms with Crippen LogP contribution < -0.4 is 34.7 Å². The number of carbonyl (C=O) groups excluding carboxylic acids is 2. The number of aliphatic hydroxyl groups excluding tert-OH is 2. The van der Waals surface area contributed by atoms with Crippen molar-refractivity contribution in [2.75, 3.05) is 0 Å². The molecule has 9 unspecified atom stereocenters. The van der Waals surface area contributed by atoms with Crippen molar-refractivity contribution < 1.29 is 59.2 Å². The molecule has 0 heterocycles. The molecule has 38 heavy (non-hydrogen) atoms.